The van der Waals surface area contributed by atoms with Crippen molar-refractivity contribution >= 4 is 17.6 Å². The van der Waals surface area contributed by atoms with Crippen LogP contribution in [0, 0.1) is 0 Å². The lowest BCUT2D eigenvalue weighted by Crippen LogP contribution is -2.15. The number of methoxy groups -OCH3 is 2. The molecule has 0 heterocycles. The molecule has 0 aliphatic carbocycles. The summed E-state index contributed by atoms with van der Waals surface area (Å²) in [4.78, 5) is 22.6. The van der Waals surface area contributed by atoms with E-state index in [9.17, 15) is 19.8 Å². The van der Waals surface area contributed by atoms with Gasteiger partial charge in [0.05, 0.1) is 20.3 Å². The second-order valence-corrected chi connectivity index (χ2v) is 3.44. The van der Waals surface area contributed by atoms with Crippen molar-refractivity contribution in [2.45, 2.75) is 0 Å². The number of anilines is 1. The molecule has 1 aromatic rings. The van der Waals surface area contributed by atoms with Crippen LogP contribution in [0.1, 0.15) is 0 Å². The number of hydrogen-bond acceptors (Lipinski definition) is 7. The minimum atomic E-state index is -0.798. The average Bonchev–Trinajstić information content (AvgIpc) is 2.35. The Labute approximate surface area is 109 Å². The van der Waals surface area contributed by atoms with Gasteiger partial charge in [0, 0.05) is 23.9 Å². The van der Waals surface area contributed by atoms with Crippen LogP contribution in [-0.4, -0.2) is 36.4 Å². The Morgan fingerprint density at radius 2 is 1.68 bits per heavy atom. The number of nitrogens with one attached hydrogen (secondary N) is 1. The standard InChI is InChI=1S/C12H13NO6/c1-18-11(16)6-10(12(17)19-2)13-7-3-8(14)5-9(15)4-7/h3-6,13-15H,1-2H3/b10-6+. The predicted molar refractivity (Wildman–Crippen MR) is 65.5 cm³/mol. The fourth-order valence-corrected chi connectivity index (χ4v) is 1.26. The number of ether oxygens (including phenoxy) is 2. The van der Waals surface area contributed by atoms with Gasteiger partial charge in [-0.2, -0.15) is 0 Å². The molecule has 0 spiro atoms. The van der Waals surface area contributed by atoms with Crippen molar-refractivity contribution in [3.63, 3.8) is 0 Å². The fourth-order valence-electron chi connectivity index (χ4n) is 1.26. The SMILES string of the molecule is COC(=O)/C=C(/Nc1cc(O)cc(O)c1)C(=O)OC. The van der Waals surface area contributed by atoms with Crippen LogP contribution < -0.4 is 5.32 Å². The van der Waals surface area contributed by atoms with E-state index in [0.29, 0.717) is 0 Å². The Balaban J connectivity index is 3.04. The van der Waals surface area contributed by atoms with Gasteiger partial charge in [-0.25, -0.2) is 9.59 Å². The molecular weight excluding hydrogens is 254 g/mol. The summed E-state index contributed by atoms with van der Waals surface area (Å²) in [6.07, 6.45) is 0.896. The number of phenolic OH excluding ortho intramolecular Hbond substituents is 2. The number of phenols is 2. The van der Waals surface area contributed by atoms with Crippen molar-refractivity contribution < 1.29 is 29.3 Å². The zero-order valence-electron chi connectivity index (χ0n) is 10.3. The molecule has 1 rings (SSSR count). The first kappa shape index (κ1) is 14.4. The first-order valence-corrected chi connectivity index (χ1v) is 5.14. The number of aromatic hydroxyl groups is 2. The number of carbonyl (C=O) groups is 2. The van der Waals surface area contributed by atoms with Gasteiger partial charge >= 0.3 is 11.9 Å². The molecule has 3 N–H and O–H groups in total. The lowest BCUT2D eigenvalue weighted by Gasteiger charge is -2.09. The summed E-state index contributed by atoms with van der Waals surface area (Å²) in [5.41, 5.74) is 0.0115. The first-order valence-electron chi connectivity index (χ1n) is 5.14. The summed E-state index contributed by atoms with van der Waals surface area (Å²) >= 11 is 0. The third-order valence-electron chi connectivity index (χ3n) is 2.05. The smallest absolute Gasteiger partial charge is 0.354 e. The Bertz CT molecular complexity index is 503. The van der Waals surface area contributed by atoms with Crippen molar-refractivity contribution in [3.8, 4) is 11.5 Å². The molecular formula is C12H13NO6. The second kappa shape index (κ2) is 6.29. The Hall–Kier alpha value is -2.70. The van der Waals surface area contributed by atoms with E-state index in [2.05, 4.69) is 14.8 Å². The Morgan fingerprint density at radius 1 is 1.11 bits per heavy atom. The monoisotopic (exact) mass is 267 g/mol. The number of benzene rings is 1. The largest absolute Gasteiger partial charge is 0.508 e. The molecule has 0 aliphatic rings. The number of rotatable bonds is 4. The number of carbonyl (C=O) groups excluding carboxylic acids is 2. The molecule has 7 heteroatoms. The van der Waals surface area contributed by atoms with Crippen molar-refractivity contribution in [2.75, 3.05) is 19.5 Å². The summed E-state index contributed by atoms with van der Waals surface area (Å²) < 4.78 is 8.89. The van der Waals surface area contributed by atoms with Crippen LogP contribution in [0.5, 0.6) is 11.5 Å². The molecule has 0 saturated carbocycles. The van der Waals surface area contributed by atoms with E-state index in [1.807, 2.05) is 0 Å². The average molecular weight is 267 g/mol. The summed E-state index contributed by atoms with van der Waals surface area (Å²) in [6, 6.07) is 3.63. The van der Waals surface area contributed by atoms with Crippen molar-refractivity contribution in [2.24, 2.45) is 0 Å². The summed E-state index contributed by atoms with van der Waals surface area (Å²) in [5.74, 6) is -1.96. The van der Waals surface area contributed by atoms with Gasteiger partial charge in [-0.05, 0) is 0 Å². The normalized spacial score (nSPS) is 10.7. The topological polar surface area (TPSA) is 105 Å². The van der Waals surface area contributed by atoms with Crippen LogP contribution in [-0.2, 0) is 19.1 Å². The van der Waals surface area contributed by atoms with Crippen LogP contribution in [0.15, 0.2) is 30.0 Å². The van der Waals surface area contributed by atoms with Gasteiger partial charge < -0.3 is 25.0 Å². The van der Waals surface area contributed by atoms with E-state index in [1.54, 1.807) is 0 Å². The lowest BCUT2D eigenvalue weighted by molar-refractivity contribution is -0.138. The van der Waals surface area contributed by atoms with Crippen LogP contribution in [0.2, 0.25) is 0 Å². The lowest BCUT2D eigenvalue weighted by atomic mass is 10.2. The molecule has 1 aromatic carbocycles. The summed E-state index contributed by atoms with van der Waals surface area (Å²) in [7, 11) is 2.31. The minimum Gasteiger partial charge on any atom is -0.508 e. The zero-order chi connectivity index (χ0) is 14.4. The maximum absolute atomic E-state index is 11.5. The Kier molecular flexibility index (Phi) is 4.76. The van der Waals surface area contributed by atoms with Crippen LogP contribution >= 0.6 is 0 Å². The molecule has 0 aromatic heterocycles. The van der Waals surface area contributed by atoms with Crippen LogP contribution in [0.25, 0.3) is 0 Å². The summed E-state index contributed by atoms with van der Waals surface area (Å²) in [6.45, 7) is 0. The predicted octanol–water partition coefficient (Wildman–Crippen LogP) is 0.740. The second-order valence-electron chi connectivity index (χ2n) is 3.44. The van der Waals surface area contributed by atoms with Crippen molar-refractivity contribution in [3.05, 3.63) is 30.0 Å². The molecule has 0 radical (unpaired) electrons. The molecule has 102 valence electrons. The van der Waals surface area contributed by atoms with Gasteiger partial charge in [-0.3, -0.25) is 0 Å². The van der Waals surface area contributed by atoms with Gasteiger partial charge in [0.1, 0.15) is 17.2 Å². The molecule has 19 heavy (non-hydrogen) atoms. The summed E-state index contributed by atoms with van der Waals surface area (Å²) in [5, 5.41) is 21.1. The zero-order valence-corrected chi connectivity index (χ0v) is 10.3. The minimum absolute atomic E-state index is 0.195. The molecule has 0 atom stereocenters. The maximum atomic E-state index is 11.5. The van der Waals surface area contributed by atoms with Crippen LogP contribution in [0.4, 0.5) is 5.69 Å². The fraction of sp³-hybridized carbons (Fsp3) is 0.167. The van der Waals surface area contributed by atoms with E-state index in [1.165, 1.54) is 12.1 Å². The van der Waals surface area contributed by atoms with E-state index < -0.39 is 11.9 Å². The molecule has 0 saturated heterocycles. The Morgan fingerprint density at radius 3 is 2.16 bits per heavy atom. The van der Waals surface area contributed by atoms with Crippen LogP contribution in [0.3, 0.4) is 0 Å². The quantitative estimate of drug-likeness (QED) is 0.545. The van der Waals surface area contributed by atoms with E-state index >= 15 is 0 Å². The van der Waals surface area contributed by atoms with Crippen molar-refractivity contribution in [1.29, 1.82) is 0 Å². The third kappa shape index (κ3) is 4.23. The first-order chi connectivity index (χ1) is 8.96. The molecule has 0 bridgehead atoms. The highest BCUT2D eigenvalue weighted by Crippen LogP contribution is 2.25. The van der Waals surface area contributed by atoms with Gasteiger partial charge in [-0.15, -0.1) is 0 Å². The number of esters is 2. The molecule has 0 unspecified atom stereocenters. The van der Waals surface area contributed by atoms with Gasteiger partial charge in [0.2, 0.25) is 0 Å². The van der Waals surface area contributed by atoms with Crippen molar-refractivity contribution in [1.82, 2.24) is 0 Å². The molecule has 0 fully saturated rings. The third-order valence-corrected chi connectivity index (χ3v) is 2.05. The van der Waals surface area contributed by atoms with Gasteiger partial charge in [0.25, 0.3) is 0 Å². The molecule has 0 aliphatic heterocycles. The molecule has 0 amide bonds. The van der Waals surface area contributed by atoms with E-state index in [-0.39, 0.29) is 22.9 Å². The highest BCUT2D eigenvalue weighted by molar-refractivity contribution is 5.98. The highest BCUT2D eigenvalue weighted by Gasteiger charge is 2.13. The van der Waals surface area contributed by atoms with E-state index in [0.717, 1.165) is 26.4 Å². The molecule has 7 nitrogen and oxygen atoms in total. The van der Waals surface area contributed by atoms with E-state index in [4.69, 9.17) is 0 Å². The maximum Gasteiger partial charge on any atom is 0.354 e. The van der Waals surface area contributed by atoms with Gasteiger partial charge in [-0.1, -0.05) is 0 Å². The number of hydrogen-bond donors (Lipinski definition) is 3. The van der Waals surface area contributed by atoms with Gasteiger partial charge in [0.15, 0.2) is 0 Å². The highest BCUT2D eigenvalue weighted by atomic mass is 16.5.